The molecule has 0 aliphatic heterocycles. The molecule has 0 saturated carbocycles. The maximum absolute atomic E-state index is 12.0. The van der Waals surface area contributed by atoms with Gasteiger partial charge in [0.25, 0.3) is 0 Å². The zero-order chi connectivity index (χ0) is 14.5. The fourth-order valence-electron chi connectivity index (χ4n) is 2.02. The Morgan fingerprint density at radius 3 is 2.50 bits per heavy atom. The van der Waals surface area contributed by atoms with E-state index < -0.39 is 5.97 Å². The van der Waals surface area contributed by atoms with Crippen LogP contribution in [0.4, 0.5) is 0 Å². The number of hydrogen-bond acceptors (Lipinski definition) is 4. The van der Waals surface area contributed by atoms with Crippen molar-refractivity contribution in [1.29, 1.82) is 0 Å². The minimum Gasteiger partial charge on any atom is -0.462 e. The number of ether oxygens (including phenoxy) is 1. The number of rotatable bonds is 5. The second kappa shape index (κ2) is 6.28. The fourth-order valence-corrected chi connectivity index (χ4v) is 2.02. The minimum atomic E-state index is -0.397. The van der Waals surface area contributed by atoms with Gasteiger partial charge in [-0.05, 0) is 6.42 Å². The predicted molar refractivity (Wildman–Crippen MR) is 76.9 cm³/mol. The van der Waals surface area contributed by atoms with Crippen LogP contribution in [0.2, 0.25) is 0 Å². The van der Waals surface area contributed by atoms with Gasteiger partial charge in [-0.15, -0.1) is 0 Å². The van der Waals surface area contributed by atoms with Crippen molar-refractivity contribution in [3.63, 3.8) is 0 Å². The summed E-state index contributed by atoms with van der Waals surface area (Å²) in [5, 5.41) is 1.41. The highest BCUT2D eigenvalue weighted by Gasteiger charge is 2.17. The number of fused-ring (bicyclic) bond motifs is 1. The van der Waals surface area contributed by atoms with Crippen molar-refractivity contribution in [2.45, 2.75) is 26.7 Å². The van der Waals surface area contributed by atoms with Gasteiger partial charge in [-0.25, -0.2) is 4.79 Å². The lowest BCUT2D eigenvalue weighted by Gasteiger charge is -2.09. The molecule has 4 nitrogen and oxygen atoms in total. The molecule has 0 bridgehead atoms. The van der Waals surface area contributed by atoms with Crippen LogP contribution >= 0.6 is 0 Å². The Balaban J connectivity index is 2.54. The number of ketones is 1. The number of pyridine rings is 1. The molecule has 1 aromatic heterocycles. The van der Waals surface area contributed by atoms with Crippen LogP contribution in [-0.2, 0) is 4.74 Å². The summed E-state index contributed by atoms with van der Waals surface area (Å²) in [7, 11) is 0. The Morgan fingerprint density at radius 2 is 1.85 bits per heavy atom. The quantitative estimate of drug-likeness (QED) is 0.618. The Hall–Kier alpha value is -2.23. The smallest absolute Gasteiger partial charge is 0.340 e. The summed E-state index contributed by atoms with van der Waals surface area (Å²) in [6.45, 7) is 4.11. The molecule has 4 heteroatoms. The largest absolute Gasteiger partial charge is 0.462 e. The van der Waals surface area contributed by atoms with E-state index in [1.807, 2.05) is 31.2 Å². The first-order valence-electron chi connectivity index (χ1n) is 6.77. The van der Waals surface area contributed by atoms with Gasteiger partial charge in [0.15, 0.2) is 5.78 Å². The van der Waals surface area contributed by atoms with E-state index >= 15 is 0 Å². The number of Topliss-reactive ketones (excluding diaryl/α,β-unsaturated/α-hetero) is 1. The molecule has 0 aliphatic carbocycles. The van der Waals surface area contributed by atoms with E-state index in [9.17, 15) is 9.59 Å². The highest BCUT2D eigenvalue weighted by molar-refractivity contribution is 6.11. The summed E-state index contributed by atoms with van der Waals surface area (Å²) >= 11 is 0. The van der Waals surface area contributed by atoms with E-state index in [4.69, 9.17) is 4.74 Å². The van der Waals surface area contributed by atoms with Crippen molar-refractivity contribution in [3.8, 4) is 0 Å². The summed E-state index contributed by atoms with van der Waals surface area (Å²) in [6.07, 6.45) is 2.59. The Labute approximate surface area is 117 Å². The number of esters is 1. The lowest BCUT2D eigenvalue weighted by Crippen LogP contribution is -2.10. The maximum Gasteiger partial charge on any atom is 0.340 e. The van der Waals surface area contributed by atoms with Crippen LogP contribution in [0.5, 0.6) is 0 Å². The lowest BCUT2D eigenvalue weighted by atomic mass is 10.0. The van der Waals surface area contributed by atoms with Gasteiger partial charge in [0.1, 0.15) is 5.69 Å². The normalized spacial score (nSPS) is 10.5. The third-order valence-electron chi connectivity index (χ3n) is 3.04. The molecule has 104 valence electrons. The summed E-state index contributed by atoms with van der Waals surface area (Å²) in [4.78, 5) is 28.1. The molecule has 0 unspecified atom stereocenters. The summed E-state index contributed by atoms with van der Waals surface area (Å²) in [6, 6.07) is 7.28. The molecule has 0 spiro atoms. The number of benzene rings is 1. The molecule has 1 heterocycles. The Kier molecular flexibility index (Phi) is 4.45. The SMILES string of the molecule is CCCOC(=O)c1cnc(C(=O)CC)c2ccccc12. The van der Waals surface area contributed by atoms with E-state index in [0.29, 0.717) is 35.1 Å². The fraction of sp³-hybridized carbons (Fsp3) is 0.312. The molecule has 0 amide bonds. The van der Waals surface area contributed by atoms with E-state index in [1.54, 1.807) is 6.92 Å². The average molecular weight is 271 g/mol. The summed E-state index contributed by atoms with van der Waals surface area (Å²) in [5.41, 5.74) is 0.817. The van der Waals surface area contributed by atoms with Crippen LogP contribution in [0.25, 0.3) is 10.8 Å². The van der Waals surface area contributed by atoms with Crippen LogP contribution in [0.3, 0.4) is 0 Å². The van der Waals surface area contributed by atoms with Gasteiger partial charge >= 0.3 is 5.97 Å². The maximum atomic E-state index is 12.0. The third-order valence-corrected chi connectivity index (χ3v) is 3.04. The third kappa shape index (κ3) is 2.69. The molecule has 0 radical (unpaired) electrons. The highest BCUT2D eigenvalue weighted by atomic mass is 16.5. The lowest BCUT2D eigenvalue weighted by molar-refractivity contribution is 0.0506. The van der Waals surface area contributed by atoms with E-state index in [2.05, 4.69) is 4.98 Å². The first-order chi connectivity index (χ1) is 9.69. The van der Waals surface area contributed by atoms with Crippen molar-refractivity contribution < 1.29 is 14.3 Å². The van der Waals surface area contributed by atoms with Crippen molar-refractivity contribution in [1.82, 2.24) is 4.98 Å². The van der Waals surface area contributed by atoms with Crippen LogP contribution in [0.15, 0.2) is 30.5 Å². The molecule has 2 rings (SSSR count). The van der Waals surface area contributed by atoms with Gasteiger partial charge in [-0.3, -0.25) is 9.78 Å². The van der Waals surface area contributed by atoms with Crippen molar-refractivity contribution >= 4 is 22.5 Å². The van der Waals surface area contributed by atoms with Crippen molar-refractivity contribution in [2.75, 3.05) is 6.61 Å². The standard InChI is InChI=1S/C16H17NO3/c1-3-9-20-16(19)13-10-17-15(14(18)4-2)12-8-6-5-7-11(12)13/h5-8,10H,3-4,9H2,1-2H3. The number of carbonyl (C=O) groups excluding carboxylic acids is 2. The van der Waals surface area contributed by atoms with E-state index in [1.165, 1.54) is 6.20 Å². The molecule has 0 fully saturated rings. The van der Waals surface area contributed by atoms with Gasteiger partial charge in [-0.1, -0.05) is 38.1 Å². The van der Waals surface area contributed by atoms with Crippen LogP contribution < -0.4 is 0 Å². The minimum absolute atomic E-state index is 0.0327. The number of nitrogens with zero attached hydrogens (tertiary/aromatic N) is 1. The molecule has 0 atom stereocenters. The molecule has 0 N–H and O–H groups in total. The first kappa shape index (κ1) is 14.2. The predicted octanol–water partition coefficient (Wildman–Crippen LogP) is 3.39. The molecule has 1 aromatic carbocycles. The average Bonchev–Trinajstić information content (AvgIpc) is 2.50. The van der Waals surface area contributed by atoms with E-state index in [0.717, 1.165) is 6.42 Å². The second-order valence-corrected chi connectivity index (χ2v) is 4.48. The zero-order valence-electron chi connectivity index (χ0n) is 11.7. The Bertz CT molecular complexity index is 649. The van der Waals surface area contributed by atoms with Crippen LogP contribution in [-0.4, -0.2) is 23.3 Å². The van der Waals surface area contributed by atoms with Gasteiger partial charge in [0, 0.05) is 23.4 Å². The topological polar surface area (TPSA) is 56.3 Å². The van der Waals surface area contributed by atoms with Crippen LogP contribution in [0, 0.1) is 0 Å². The molecular weight excluding hydrogens is 254 g/mol. The van der Waals surface area contributed by atoms with Crippen molar-refractivity contribution in [3.05, 3.63) is 41.7 Å². The van der Waals surface area contributed by atoms with E-state index in [-0.39, 0.29) is 5.78 Å². The molecule has 2 aromatic rings. The first-order valence-corrected chi connectivity index (χ1v) is 6.77. The highest BCUT2D eigenvalue weighted by Crippen LogP contribution is 2.22. The number of hydrogen-bond donors (Lipinski definition) is 0. The molecular formula is C16H17NO3. The van der Waals surface area contributed by atoms with Gasteiger partial charge < -0.3 is 4.74 Å². The monoisotopic (exact) mass is 271 g/mol. The second-order valence-electron chi connectivity index (χ2n) is 4.48. The summed E-state index contributed by atoms with van der Waals surface area (Å²) < 4.78 is 5.15. The zero-order valence-corrected chi connectivity index (χ0v) is 11.7. The molecule has 0 saturated heterocycles. The number of carbonyl (C=O) groups is 2. The molecule has 0 aliphatic rings. The van der Waals surface area contributed by atoms with Crippen LogP contribution in [0.1, 0.15) is 47.5 Å². The van der Waals surface area contributed by atoms with Gasteiger partial charge in [0.05, 0.1) is 12.2 Å². The van der Waals surface area contributed by atoms with Crippen molar-refractivity contribution in [2.24, 2.45) is 0 Å². The summed E-state index contributed by atoms with van der Waals surface area (Å²) in [5.74, 6) is -0.430. The Morgan fingerprint density at radius 1 is 1.15 bits per heavy atom. The molecule has 20 heavy (non-hydrogen) atoms. The van der Waals surface area contributed by atoms with Gasteiger partial charge in [0.2, 0.25) is 0 Å². The van der Waals surface area contributed by atoms with Gasteiger partial charge in [-0.2, -0.15) is 0 Å². The number of aromatic nitrogens is 1.